The number of nitrogens with one attached hydrogen (secondary N) is 1. The Morgan fingerprint density at radius 2 is 1.43 bits per heavy atom. The number of nitrogens with zero attached hydrogens (tertiary/aromatic N) is 3. The Morgan fingerprint density at radius 1 is 0.900 bits per heavy atom. The van der Waals surface area contributed by atoms with Crippen molar-refractivity contribution in [3.63, 3.8) is 0 Å². The highest BCUT2D eigenvalue weighted by molar-refractivity contribution is 6.31. The first kappa shape index (κ1) is 29.5. The number of piperidine rings is 1. The number of quaternary nitrogens is 1. The van der Waals surface area contributed by atoms with Crippen LogP contribution in [0.1, 0.15) is 47.3 Å². The molecule has 0 radical (unpaired) electrons. The van der Waals surface area contributed by atoms with Gasteiger partial charge in [0.15, 0.2) is 22.5 Å². The van der Waals surface area contributed by atoms with Gasteiger partial charge in [0.25, 0.3) is 5.91 Å². The molecule has 1 fully saturated rings. The second-order valence-corrected chi connectivity index (χ2v) is 10.6. The summed E-state index contributed by atoms with van der Waals surface area (Å²) in [6, 6.07) is 7.31. The van der Waals surface area contributed by atoms with E-state index in [9.17, 15) is 22.4 Å². The highest BCUT2D eigenvalue weighted by atomic mass is 35.5. The Bertz CT molecular complexity index is 1280. The smallest absolute Gasteiger partial charge is 0.274 e. The van der Waals surface area contributed by atoms with Crippen molar-refractivity contribution in [3.8, 4) is 0 Å². The Morgan fingerprint density at radius 3 is 1.95 bits per heavy atom. The molecule has 214 valence electrons. The van der Waals surface area contributed by atoms with Gasteiger partial charge in [0.05, 0.1) is 32.2 Å². The van der Waals surface area contributed by atoms with E-state index in [1.807, 2.05) is 0 Å². The minimum absolute atomic E-state index is 0.0326. The molecule has 40 heavy (non-hydrogen) atoms. The zero-order valence-electron chi connectivity index (χ0n) is 21.9. The van der Waals surface area contributed by atoms with Gasteiger partial charge in [-0.25, -0.2) is 27.5 Å². The molecular weight excluding hydrogens is 548 g/mol. The molecule has 3 aromatic rings. The average Bonchev–Trinajstić information content (AvgIpc) is 2.90. The van der Waals surface area contributed by atoms with Gasteiger partial charge in [0.1, 0.15) is 23.3 Å². The topological polar surface area (TPSA) is 107 Å². The van der Waals surface area contributed by atoms with E-state index < -0.39 is 29.2 Å². The Labute approximate surface area is 235 Å². The third kappa shape index (κ3) is 7.00. The third-order valence-corrected chi connectivity index (χ3v) is 7.77. The molecule has 1 amide bonds. The fraction of sp³-hybridized carbons (Fsp3) is 0.393. The molecule has 1 aromatic heterocycles. The summed E-state index contributed by atoms with van der Waals surface area (Å²) in [5.74, 6) is -3.13. The number of anilines is 2. The Hall–Kier alpha value is -3.44. The van der Waals surface area contributed by atoms with Crippen LogP contribution in [0.15, 0.2) is 36.4 Å². The maximum Gasteiger partial charge on any atom is 0.274 e. The van der Waals surface area contributed by atoms with Gasteiger partial charge in [-0.1, -0.05) is 23.7 Å². The molecule has 1 unspecified atom stereocenters. The molecule has 2 aromatic carbocycles. The van der Waals surface area contributed by atoms with Crippen LogP contribution in [-0.4, -0.2) is 52.6 Å². The number of nitrogen functional groups attached to an aromatic ring is 2. The minimum atomic E-state index is -0.591. The van der Waals surface area contributed by atoms with Gasteiger partial charge in [0, 0.05) is 24.0 Å². The number of amides is 1. The summed E-state index contributed by atoms with van der Waals surface area (Å²) in [5.41, 5.74) is 11.4. The summed E-state index contributed by atoms with van der Waals surface area (Å²) in [6.45, 7) is 2.40. The van der Waals surface area contributed by atoms with Crippen LogP contribution in [0.3, 0.4) is 0 Å². The number of aromatic nitrogens is 2. The summed E-state index contributed by atoms with van der Waals surface area (Å²) in [7, 11) is 0. The summed E-state index contributed by atoms with van der Waals surface area (Å²) >= 11 is 5.93. The molecule has 1 aliphatic heterocycles. The highest BCUT2D eigenvalue weighted by Gasteiger charge is 2.36. The van der Waals surface area contributed by atoms with Crippen LogP contribution in [0.4, 0.5) is 29.2 Å². The number of likely N-dealkylation sites (tertiary alicyclic amines) is 1. The number of carbonyl (C=O) groups is 1. The van der Waals surface area contributed by atoms with Crippen molar-refractivity contribution in [2.24, 2.45) is 0 Å². The summed E-state index contributed by atoms with van der Waals surface area (Å²) < 4.78 is 57.4. The van der Waals surface area contributed by atoms with Gasteiger partial charge in [-0.05, 0) is 49.9 Å². The lowest BCUT2D eigenvalue weighted by atomic mass is 9.98. The number of hydrogen-bond acceptors (Lipinski definition) is 5. The van der Waals surface area contributed by atoms with Gasteiger partial charge < -0.3 is 21.3 Å². The first-order valence-corrected chi connectivity index (χ1v) is 13.6. The minimum Gasteiger partial charge on any atom is -0.382 e. The molecule has 1 atom stereocenters. The monoisotopic (exact) mass is 579 g/mol. The zero-order valence-corrected chi connectivity index (χ0v) is 22.7. The lowest BCUT2D eigenvalue weighted by molar-refractivity contribution is -0.933. The highest BCUT2D eigenvalue weighted by Crippen LogP contribution is 2.25. The van der Waals surface area contributed by atoms with Crippen molar-refractivity contribution in [1.29, 1.82) is 0 Å². The van der Waals surface area contributed by atoms with E-state index in [1.54, 1.807) is 0 Å². The van der Waals surface area contributed by atoms with E-state index in [1.165, 1.54) is 36.4 Å². The van der Waals surface area contributed by atoms with Crippen LogP contribution >= 0.6 is 11.6 Å². The first-order valence-electron chi connectivity index (χ1n) is 13.2. The molecule has 7 nitrogen and oxygen atoms in total. The number of carbonyl (C=O) groups excluding carboxylic acids is 1. The van der Waals surface area contributed by atoms with Crippen LogP contribution in [0.25, 0.3) is 0 Å². The summed E-state index contributed by atoms with van der Waals surface area (Å²) in [4.78, 5) is 20.8. The van der Waals surface area contributed by atoms with E-state index in [2.05, 4.69) is 15.3 Å². The standard InChI is InChI=1S/C28H31ClF4N6O/c29-25-27(35)38-26(34)24(37-25)28(40)36-17-6-3-13-39(16-17,14-4-7-18-20(30)9-1-10-21(18)31)15-5-8-19-22(32)11-2-12-23(19)33/h1-2,9-12,17H,3-8,13-16H2,(H4-,34,35,36,38,40)/p+1. The van der Waals surface area contributed by atoms with Gasteiger partial charge >= 0.3 is 0 Å². The fourth-order valence-corrected chi connectivity index (χ4v) is 5.67. The number of rotatable bonds is 10. The molecule has 0 bridgehead atoms. The predicted molar refractivity (Wildman–Crippen MR) is 145 cm³/mol. The normalized spacial score (nSPS) is 16.6. The van der Waals surface area contributed by atoms with Crippen LogP contribution in [-0.2, 0) is 12.8 Å². The lowest BCUT2D eigenvalue weighted by Crippen LogP contribution is -2.60. The van der Waals surface area contributed by atoms with Crippen molar-refractivity contribution in [2.45, 2.75) is 44.6 Å². The third-order valence-electron chi connectivity index (χ3n) is 7.49. The van der Waals surface area contributed by atoms with Crippen molar-refractivity contribution < 1.29 is 26.8 Å². The van der Waals surface area contributed by atoms with Gasteiger partial charge in [-0.3, -0.25) is 4.79 Å². The van der Waals surface area contributed by atoms with E-state index in [-0.39, 0.29) is 52.5 Å². The van der Waals surface area contributed by atoms with Crippen LogP contribution in [0, 0.1) is 23.3 Å². The van der Waals surface area contributed by atoms with Gasteiger partial charge in [0.2, 0.25) is 0 Å². The molecule has 5 N–H and O–H groups in total. The molecule has 1 saturated heterocycles. The molecule has 2 heterocycles. The molecule has 0 saturated carbocycles. The van der Waals surface area contributed by atoms with Gasteiger partial charge in [-0.15, -0.1) is 0 Å². The number of benzene rings is 2. The maximum absolute atomic E-state index is 14.2. The zero-order chi connectivity index (χ0) is 28.9. The van der Waals surface area contributed by atoms with Crippen molar-refractivity contribution in [1.82, 2.24) is 15.3 Å². The number of hydrogen-bond donors (Lipinski definition) is 3. The SMILES string of the molecule is Nc1nc(N)c(C(=O)NC2CCC[N+](CCCc3c(F)cccc3F)(CCCc3c(F)cccc3F)C2)nc1Cl. The quantitative estimate of drug-likeness (QED) is 0.236. The molecule has 4 rings (SSSR count). The maximum atomic E-state index is 14.2. The van der Waals surface area contributed by atoms with Crippen molar-refractivity contribution in [2.75, 3.05) is 37.6 Å². The molecule has 12 heteroatoms. The van der Waals surface area contributed by atoms with Crippen LogP contribution < -0.4 is 16.8 Å². The Balaban J connectivity index is 1.49. The van der Waals surface area contributed by atoms with Crippen LogP contribution in [0.5, 0.6) is 0 Å². The second kappa shape index (κ2) is 12.8. The van der Waals surface area contributed by atoms with Crippen LogP contribution in [0.2, 0.25) is 5.15 Å². The summed E-state index contributed by atoms with van der Waals surface area (Å²) in [5, 5.41) is 2.82. The van der Waals surface area contributed by atoms with Crippen molar-refractivity contribution >= 4 is 29.1 Å². The van der Waals surface area contributed by atoms with E-state index in [0.717, 1.165) is 13.0 Å². The molecule has 0 spiro atoms. The predicted octanol–water partition coefficient (Wildman–Crippen LogP) is 4.83. The number of halogens is 5. The van der Waals surface area contributed by atoms with E-state index in [0.29, 0.717) is 43.4 Å². The van der Waals surface area contributed by atoms with E-state index >= 15 is 0 Å². The Kier molecular flexibility index (Phi) is 9.47. The van der Waals surface area contributed by atoms with Crippen molar-refractivity contribution in [3.05, 3.63) is 81.6 Å². The fourth-order valence-electron chi connectivity index (χ4n) is 5.55. The number of nitrogens with two attached hydrogens (primary N) is 2. The molecule has 1 aliphatic rings. The first-order chi connectivity index (χ1) is 19.1. The largest absolute Gasteiger partial charge is 0.382 e. The average molecular weight is 580 g/mol. The second-order valence-electron chi connectivity index (χ2n) is 10.2. The summed E-state index contributed by atoms with van der Waals surface area (Å²) in [6.07, 6.45) is 2.82. The lowest BCUT2D eigenvalue weighted by Gasteiger charge is -2.45. The van der Waals surface area contributed by atoms with Gasteiger partial charge in [-0.2, -0.15) is 0 Å². The molecular formula is C28H32ClF4N6O+. The molecule has 0 aliphatic carbocycles. The van der Waals surface area contributed by atoms with E-state index in [4.69, 9.17) is 23.1 Å².